The van der Waals surface area contributed by atoms with Crippen LogP contribution >= 0.6 is 23.8 Å². The van der Waals surface area contributed by atoms with Gasteiger partial charge in [0.05, 0.1) is 11.8 Å². The van der Waals surface area contributed by atoms with Crippen LogP contribution in [0.3, 0.4) is 0 Å². The predicted octanol–water partition coefficient (Wildman–Crippen LogP) is 3.73. The highest BCUT2D eigenvalue weighted by molar-refractivity contribution is 7.80. The molecule has 0 radical (unpaired) electrons. The molecule has 21 heavy (non-hydrogen) atoms. The Labute approximate surface area is 134 Å². The summed E-state index contributed by atoms with van der Waals surface area (Å²) in [5, 5.41) is 7.29. The number of hydrogen-bond donors (Lipinski definition) is 1. The van der Waals surface area contributed by atoms with Gasteiger partial charge in [-0.2, -0.15) is 5.10 Å². The summed E-state index contributed by atoms with van der Waals surface area (Å²) in [5.74, 6) is 0. The Morgan fingerprint density at radius 3 is 2.43 bits per heavy atom. The minimum Gasteiger partial charge on any atom is -0.375 e. The van der Waals surface area contributed by atoms with Gasteiger partial charge in [0.1, 0.15) is 0 Å². The van der Waals surface area contributed by atoms with Crippen LogP contribution in [0.15, 0.2) is 59.7 Å². The number of hydrazone groups is 1. The van der Waals surface area contributed by atoms with E-state index in [1.54, 1.807) is 5.01 Å². The molecule has 1 heterocycles. The normalized spacial score (nSPS) is 17.7. The fourth-order valence-electron chi connectivity index (χ4n) is 2.46. The topological polar surface area (TPSA) is 41.6 Å². The molecule has 2 N–H and O–H groups in total. The molecule has 1 atom stereocenters. The summed E-state index contributed by atoms with van der Waals surface area (Å²) in [6.07, 6.45) is 0.767. The molecule has 2 aromatic rings. The lowest BCUT2D eigenvalue weighted by molar-refractivity contribution is 0.373. The predicted molar refractivity (Wildman–Crippen MR) is 90.4 cm³/mol. The molecule has 5 heteroatoms. The van der Waals surface area contributed by atoms with Gasteiger partial charge >= 0.3 is 0 Å². The maximum atomic E-state index is 5.95. The lowest BCUT2D eigenvalue weighted by atomic mass is 9.99. The van der Waals surface area contributed by atoms with Gasteiger partial charge in [0.25, 0.3) is 0 Å². The van der Waals surface area contributed by atoms with E-state index in [4.69, 9.17) is 29.6 Å². The van der Waals surface area contributed by atoms with Gasteiger partial charge in [0.2, 0.25) is 0 Å². The minimum absolute atomic E-state index is 0.0231. The van der Waals surface area contributed by atoms with E-state index < -0.39 is 0 Å². The van der Waals surface area contributed by atoms with Crippen LogP contribution in [0.4, 0.5) is 0 Å². The molecule has 0 saturated heterocycles. The van der Waals surface area contributed by atoms with E-state index >= 15 is 0 Å². The maximum Gasteiger partial charge on any atom is 0.187 e. The van der Waals surface area contributed by atoms with E-state index in [2.05, 4.69) is 5.10 Å². The fraction of sp³-hybridized carbons (Fsp3) is 0.125. The van der Waals surface area contributed by atoms with E-state index in [0.717, 1.165) is 23.3 Å². The summed E-state index contributed by atoms with van der Waals surface area (Å²) < 4.78 is 0. The first-order chi connectivity index (χ1) is 10.1. The first-order valence-corrected chi connectivity index (χ1v) is 7.41. The Hall–Kier alpha value is -1.91. The van der Waals surface area contributed by atoms with Crippen LogP contribution in [0.25, 0.3) is 0 Å². The van der Waals surface area contributed by atoms with Crippen molar-refractivity contribution in [2.24, 2.45) is 10.8 Å². The molecule has 1 aliphatic rings. The average molecular weight is 316 g/mol. The van der Waals surface area contributed by atoms with Crippen molar-refractivity contribution in [3.05, 3.63) is 70.7 Å². The third kappa shape index (κ3) is 2.91. The third-order valence-corrected chi connectivity index (χ3v) is 3.94. The van der Waals surface area contributed by atoms with Crippen molar-refractivity contribution in [2.75, 3.05) is 0 Å². The van der Waals surface area contributed by atoms with E-state index in [1.165, 1.54) is 0 Å². The molecule has 0 aromatic heterocycles. The lowest BCUT2D eigenvalue weighted by Crippen LogP contribution is -2.31. The zero-order valence-electron chi connectivity index (χ0n) is 11.2. The van der Waals surface area contributed by atoms with Gasteiger partial charge in [-0.1, -0.05) is 54.1 Å². The van der Waals surface area contributed by atoms with Gasteiger partial charge in [-0.3, -0.25) is 0 Å². The Bertz CT molecular complexity index is 682. The van der Waals surface area contributed by atoms with Crippen molar-refractivity contribution >= 4 is 34.6 Å². The molecule has 1 unspecified atom stereocenters. The van der Waals surface area contributed by atoms with E-state index in [9.17, 15) is 0 Å². The zero-order valence-corrected chi connectivity index (χ0v) is 12.8. The molecule has 0 aliphatic carbocycles. The molecule has 0 fully saturated rings. The Kier molecular flexibility index (Phi) is 3.90. The lowest BCUT2D eigenvalue weighted by Gasteiger charge is -2.21. The van der Waals surface area contributed by atoms with Crippen molar-refractivity contribution in [3.63, 3.8) is 0 Å². The van der Waals surface area contributed by atoms with Crippen LogP contribution in [0, 0.1) is 0 Å². The van der Waals surface area contributed by atoms with Crippen LogP contribution in [0.1, 0.15) is 23.6 Å². The van der Waals surface area contributed by atoms with Gasteiger partial charge in [-0.05, 0) is 35.5 Å². The standard InChI is InChI=1S/C16H14ClN3S/c17-13-8-6-12(7-9-13)15-10-14(19-20(15)16(18)21)11-4-2-1-3-5-11/h1-9,15H,10H2,(H2,18,21). The van der Waals surface area contributed by atoms with Crippen molar-refractivity contribution in [3.8, 4) is 0 Å². The number of nitrogens with two attached hydrogens (primary N) is 1. The highest BCUT2D eigenvalue weighted by Crippen LogP contribution is 2.32. The van der Waals surface area contributed by atoms with Crippen LogP contribution in [-0.4, -0.2) is 15.8 Å². The quantitative estimate of drug-likeness (QED) is 0.858. The molecule has 0 spiro atoms. The first kappa shape index (κ1) is 14.0. The van der Waals surface area contributed by atoms with Gasteiger partial charge in [-0.25, -0.2) is 5.01 Å². The molecule has 3 nitrogen and oxygen atoms in total. The monoisotopic (exact) mass is 315 g/mol. The summed E-state index contributed by atoms with van der Waals surface area (Å²) >= 11 is 11.1. The summed E-state index contributed by atoms with van der Waals surface area (Å²) in [5.41, 5.74) is 9.00. The van der Waals surface area contributed by atoms with E-state index in [1.807, 2.05) is 54.6 Å². The maximum absolute atomic E-state index is 5.95. The van der Waals surface area contributed by atoms with Gasteiger partial charge in [-0.15, -0.1) is 0 Å². The average Bonchev–Trinajstić information content (AvgIpc) is 2.94. The summed E-state index contributed by atoms with van der Waals surface area (Å²) in [7, 11) is 0. The van der Waals surface area contributed by atoms with E-state index in [0.29, 0.717) is 5.02 Å². The summed E-state index contributed by atoms with van der Waals surface area (Å²) in [6, 6.07) is 17.8. The molecule has 0 amide bonds. The number of benzene rings is 2. The smallest absolute Gasteiger partial charge is 0.187 e. The van der Waals surface area contributed by atoms with Crippen molar-refractivity contribution in [1.29, 1.82) is 0 Å². The zero-order chi connectivity index (χ0) is 14.8. The van der Waals surface area contributed by atoms with Crippen LogP contribution < -0.4 is 5.73 Å². The molecule has 1 aliphatic heterocycles. The molecule has 3 rings (SSSR count). The second-order valence-corrected chi connectivity index (χ2v) is 5.72. The van der Waals surface area contributed by atoms with Crippen LogP contribution in [0.5, 0.6) is 0 Å². The SMILES string of the molecule is NC(=S)N1N=C(c2ccccc2)CC1c1ccc(Cl)cc1. The molecule has 106 valence electrons. The molecule has 2 aromatic carbocycles. The Morgan fingerprint density at radius 2 is 1.81 bits per heavy atom. The van der Waals surface area contributed by atoms with Gasteiger partial charge < -0.3 is 5.73 Å². The molecule has 0 bridgehead atoms. The van der Waals surface area contributed by atoms with Gasteiger partial charge in [0.15, 0.2) is 5.11 Å². The minimum atomic E-state index is 0.0231. The highest BCUT2D eigenvalue weighted by Gasteiger charge is 2.30. The number of hydrogen-bond acceptors (Lipinski definition) is 2. The second-order valence-electron chi connectivity index (χ2n) is 4.87. The summed E-state index contributed by atoms with van der Waals surface area (Å²) in [6.45, 7) is 0. The molecule has 0 saturated carbocycles. The largest absolute Gasteiger partial charge is 0.375 e. The van der Waals surface area contributed by atoms with Crippen LogP contribution in [-0.2, 0) is 0 Å². The molecular formula is C16H14ClN3S. The number of thiocarbonyl (C=S) groups is 1. The molecular weight excluding hydrogens is 302 g/mol. The van der Waals surface area contributed by atoms with E-state index in [-0.39, 0.29) is 11.2 Å². The van der Waals surface area contributed by atoms with Crippen molar-refractivity contribution < 1.29 is 0 Å². The summed E-state index contributed by atoms with van der Waals surface area (Å²) in [4.78, 5) is 0. The fourth-order valence-corrected chi connectivity index (χ4v) is 2.76. The third-order valence-electron chi connectivity index (χ3n) is 3.50. The number of rotatable bonds is 2. The van der Waals surface area contributed by atoms with Crippen molar-refractivity contribution in [2.45, 2.75) is 12.5 Å². The Balaban J connectivity index is 1.93. The number of nitrogens with zero attached hydrogens (tertiary/aromatic N) is 2. The number of halogens is 1. The van der Waals surface area contributed by atoms with Crippen LogP contribution in [0.2, 0.25) is 5.02 Å². The van der Waals surface area contributed by atoms with Crippen molar-refractivity contribution in [1.82, 2.24) is 5.01 Å². The van der Waals surface area contributed by atoms with Gasteiger partial charge in [0, 0.05) is 11.4 Å². The second kappa shape index (κ2) is 5.84. The first-order valence-electron chi connectivity index (χ1n) is 6.62. The Morgan fingerprint density at radius 1 is 1.14 bits per heavy atom. The highest BCUT2D eigenvalue weighted by atomic mass is 35.5.